The Morgan fingerprint density at radius 3 is 2.71 bits per heavy atom. The van der Waals surface area contributed by atoms with Gasteiger partial charge in [-0.1, -0.05) is 30.3 Å². The molecule has 1 saturated heterocycles. The van der Waals surface area contributed by atoms with E-state index in [9.17, 15) is 4.79 Å². The molecule has 0 radical (unpaired) electrons. The maximum atomic E-state index is 11.8. The molecule has 1 heterocycles. The van der Waals surface area contributed by atoms with Gasteiger partial charge in [0.1, 0.15) is 5.57 Å². The van der Waals surface area contributed by atoms with E-state index in [4.69, 9.17) is 9.47 Å². The Balaban J connectivity index is 2.41. The summed E-state index contributed by atoms with van der Waals surface area (Å²) in [4.78, 5) is 11.8. The van der Waals surface area contributed by atoms with Crippen LogP contribution in [0.5, 0.6) is 0 Å². The van der Waals surface area contributed by atoms with Crippen LogP contribution >= 0.6 is 0 Å². The zero-order valence-corrected chi connectivity index (χ0v) is 9.73. The van der Waals surface area contributed by atoms with Gasteiger partial charge in [-0.05, 0) is 12.0 Å². The molecule has 1 aliphatic heterocycles. The minimum Gasteiger partial charge on any atom is -0.479 e. The van der Waals surface area contributed by atoms with Crippen LogP contribution in [0.2, 0.25) is 0 Å². The number of esters is 1. The van der Waals surface area contributed by atoms with E-state index in [1.165, 1.54) is 7.11 Å². The van der Waals surface area contributed by atoms with E-state index >= 15 is 0 Å². The van der Waals surface area contributed by atoms with Gasteiger partial charge in [-0.2, -0.15) is 0 Å². The molecule has 4 heteroatoms. The molecule has 0 saturated carbocycles. The van der Waals surface area contributed by atoms with Crippen LogP contribution in [-0.4, -0.2) is 26.2 Å². The van der Waals surface area contributed by atoms with E-state index in [1.807, 2.05) is 30.3 Å². The number of methoxy groups -OCH3 is 1. The minimum atomic E-state index is -0.388. The van der Waals surface area contributed by atoms with Gasteiger partial charge in [-0.25, -0.2) is 4.79 Å². The highest BCUT2D eigenvalue weighted by atomic mass is 16.5. The first kappa shape index (κ1) is 11.5. The molecule has 0 aromatic heterocycles. The number of rotatable bonds is 2. The summed E-state index contributed by atoms with van der Waals surface area (Å²) in [7, 11) is 1.37. The molecule has 0 bridgehead atoms. The number of nitrogens with one attached hydrogen (secondary N) is 1. The number of hydrogen-bond acceptors (Lipinski definition) is 4. The van der Waals surface area contributed by atoms with Gasteiger partial charge in [-0.3, -0.25) is 0 Å². The Kier molecular flexibility index (Phi) is 3.65. The second-order valence-corrected chi connectivity index (χ2v) is 3.69. The van der Waals surface area contributed by atoms with Gasteiger partial charge >= 0.3 is 5.97 Å². The third-order valence-electron chi connectivity index (χ3n) is 2.53. The minimum absolute atomic E-state index is 0.388. The lowest BCUT2D eigenvalue weighted by Crippen LogP contribution is -2.27. The van der Waals surface area contributed by atoms with E-state index in [-0.39, 0.29) is 5.97 Å². The lowest BCUT2D eigenvalue weighted by Gasteiger charge is -2.21. The van der Waals surface area contributed by atoms with Crippen molar-refractivity contribution >= 4 is 11.5 Å². The number of hydrogen-bond donors (Lipinski definition) is 1. The van der Waals surface area contributed by atoms with Crippen LogP contribution in [0.15, 0.2) is 36.2 Å². The molecule has 17 heavy (non-hydrogen) atoms. The van der Waals surface area contributed by atoms with Crippen molar-refractivity contribution in [3.05, 3.63) is 41.8 Å². The highest BCUT2D eigenvalue weighted by molar-refractivity contribution is 6.17. The fourth-order valence-corrected chi connectivity index (χ4v) is 1.71. The number of carbonyl (C=O) groups is 1. The van der Waals surface area contributed by atoms with Crippen molar-refractivity contribution in [2.45, 2.75) is 6.42 Å². The van der Waals surface area contributed by atoms with E-state index in [0.29, 0.717) is 18.1 Å². The number of benzene rings is 1. The smallest absolute Gasteiger partial charge is 0.343 e. The third kappa shape index (κ3) is 2.58. The third-order valence-corrected chi connectivity index (χ3v) is 2.53. The Morgan fingerprint density at radius 2 is 2.12 bits per heavy atom. The average Bonchev–Trinajstić information content (AvgIpc) is 2.41. The molecule has 0 amide bonds. The van der Waals surface area contributed by atoms with Gasteiger partial charge in [0.25, 0.3) is 0 Å². The standard InChI is InChI=1S/C13H15NO3/c1-16-13(15)11(10-6-3-2-4-7-10)12-14-8-5-9-17-12/h2-4,6-7,14H,5,8-9H2,1H3/b12-11+. The largest absolute Gasteiger partial charge is 0.479 e. The highest BCUT2D eigenvalue weighted by Gasteiger charge is 2.21. The normalized spacial score (nSPS) is 17.7. The molecule has 0 aliphatic carbocycles. The van der Waals surface area contributed by atoms with Gasteiger partial charge in [0, 0.05) is 6.54 Å². The van der Waals surface area contributed by atoms with Gasteiger partial charge in [0.05, 0.1) is 13.7 Å². The van der Waals surface area contributed by atoms with Crippen molar-refractivity contribution in [2.75, 3.05) is 20.3 Å². The lowest BCUT2D eigenvalue weighted by molar-refractivity contribution is -0.133. The van der Waals surface area contributed by atoms with E-state index in [0.717, 1.165) is 18.5 Å². The Bertz CT molecular complexity index is 418. The molecule has 1 aromatic rings. The topological polar surface area (TPSA) is 47.6 Å². The highest BCUT2D eigenvalue weighted by Crippen LogP contribution is 2.21. The molecule has 1 fully saturated rings. The molecule has 90 valence electrons. The van der Waals surface area contributed by atoms with Crippen LogP contribution in [0.4, 0.5) is 0 Å². The van der Waals surface area contributed by atoms with Crippen molar-refractivity contribution in [3.63, 3.8) is 0 Å². The van der Waals surface area contributed by atoms with E-state index in [1.54, 1.807) is 0 Å². The van der Waals surface area contributed by atoms with E-state index < -0.39 is 0 Å². The molecule has 0 unspecified atom stereocenters. The molecule has 2 rings (SSSR count). The van der Waals surface area contributed by atoms with E-state index in [2.05, 4.69) is 5.32 Å². The summed E-state index contributed by atoms with van der Waals surface area (Å²) in [6.45, 7) is 1.43. The zero-order chi connectivity index (χ0) is 12.1. The van der Waals surface area contributed by atoms with Crippen LogP contribution in [0.3, 0.4) is 0 Å². The molecule has 0 spiro atoms. The summed E-state index contributed by atoms with van der Waals surface area (Å²) in [5.74, 6) is 0.120. The second-order valence-electron chi connectivity index (χ2n) is 3.69. The van der Waals surface area contributed by atoms with Gasteiger partial charge in [0.2, 0.25) is 5.88 Å². The summed E-state index contributed by atoms with van der Waals surface area (Å²) < 4.78 is 10.3. The number of carbonyl (C=O) groups excluding carboxylic acids is 1. The monoisotopic (exact) mass is 233 g/mol. The predicted octanol–water partition coefficient (Wildman–Crippen LogP) is 1.54. The lowest BCUT2D eigenvalue weighted by atomic mass is 10.1. The molecule has 1 aromatic carbocycles. The van der Waals surface area contributed by atoms with Crippen LogP contribution < -0.4 is 5.32 Å². The van der Waals surface area contributed by atoms with Crippen molar-refractivity contribution < 1.29 is 14.3 Å². The van der Waals surface area contributed by atoms with Crippen molar-refractivity contribution in [2.24, 2.45) is 0 Å². The summed E-state index contributed by atoms with van der Waals surface area (Å²) in [5.41, 5.74) is 1.25. The molecule has 1 N–H and O–H groups in total. The van der Waals surface area contributed by atoms with Gasteiger partial charge < -0.3 is 14.8 Å². The first-order valence-electron chi connectivity index (χ1n) is 5.57. The van der Waals surface area contributed by atoms with Crippen LogP contribution in [0.25, 0.3) is 5.57 Å². The second kappa shape index (κ2) is 5.39. The Morgan fingerprint density at radius 1 is 1.35 bits per heavy atom. The van der Waals surface area contributed by atoms with Crippen molar-refractivity contribution in [1.82, 2.24) is 5.32 Å². The first-order valence-corrected chi connectivity index (χ1v) is 5.57. The molecule has 0 atom stereocenters. The first-order chi connectivity index (χ1) is 8.33. The SMILES string of the molecule is COC(=O)/C(=C1\NCCCO1)c1ccccc1. The fourth-order valence-electron chi connectivity index (χ4n) is 1.71. The number of ether oxygens (including phenoxy) is 2. The van der Waals surface area contributed by atoms with Crippen molar-refractivity contribution in [1.29, 1.82) is 0 Å². The fraction of sp³-hybridized carbons (Fsp3) is 0.308. The van der Waals surface area contributed by atoms with Crippen LogP contribution in [0, 0.1) is 0 Å². The zero-order valence-electron chi connectivity index (χ0n) is 9.73. The molecule has 4 nitrogen and oxygen atoms in total. The summed E-state index contributed by atoms with van der Waals surface area (Å²) in [6.07, 6.45) is 0.937. The van der Waals surface area contributed by atoms with Crippen molar-refractivity contribution in [3.8, 4) is 0 Å². The quantitative estimate of drug-likeness (QED) is 0.621. The predicted molar refractivity (Wildman–Crippen MR) is 63.9 cm³/mol. The molecular formula is C13H15NO3. The molecule has 1 aliphatic rings. The maximum Gasteiger partial charge on any atom is 0.343 e. The average molecular weight is 233 g/mol. The van der Waals surface area contributed by atoms with Crippen LogP contribution in [-0.2, 0) is 14.3 Å². The Hall–Kier alpha value is -1.97. The Labute approximate surface area is 100 Å². The molecular weight excluding hydrogens is 218 g/mol. The maximum absolute atomic E-state index is 11.8. The summed E-state index contributed by atoms with van der Waals surface area (Å²) in [5, 5.41) is 3.09. The summed E-state index contributed by atoms with van der Waals surface area (Å²) in [6, 6.07) is 9.37. The van der Waals surface area contributed by atoms with Gasteiger partial charge in [-0.15, -0.1) is 0 Å². The van der Waals surface area contributed by atoms with Gasteiger partial charge in [0.15, 0.2) is 0 Å². The summed E-state index contributed by atoms with van der Waals surface area (Å²) >= 11 is 0. The van der Waals surface area contributed by atoms with Crippen LogP contribution in [0.1, 0.15) is 12.0 Å².